The molecule has 5 nitrogen and oxygen atoms in total. The second kappa shape index (κ2) is 5.55. The van der Waals surface area contributed by atoms with Crippen LogP contribution in [0.15, 0.2) is 36.5 Å². The van der Waals surface area contributed by atoms with Gasteiger partial charge < -0.3 is 15.0 Å². The van der Waals surface area contributed by atoms with Crippen LogP contribution in [0.25, 0.3) is 5.69 Å². The predicted molar refractivity (Wildman–Crippen MR) is 72.2 cm³/mol. The van der Waals surface area contributed by atoms with Crippen molar-refractivity contribution >= 4 is 17.6 Å². The molecule has 1 amide bonds. The monoisotopic (exact) mass is 312 g/mol. The summed E-state index contributed by atoms with van der Waals surface area (Å²) in [5, 5.41) is 10.8. The lowest BCUT2D eigenvalue weighted by Gasteiger charge is -2.13. The molecule has 0 aliphatic rings. The first-order valence-electron chi connectivity index (χ1n) is 6.10. The summed E-state index contributed by atoms with van der Waals surface area (Å²) in [5.74, 6) is -3.19. The highest BCUT2D eigenvalue weighted by molar-refractivity contribution is 5.95. The molecule has 116 valence electrons. The molecule has 1 heterocycles. The topological polar surface area (TPSA) is 71.3 Å². The van der Waals surface area contributed by atoms with Gasteiger partial charge in [0.25, 0.3) is 0 Å². The van der Waals surface area contributed by atoms with Crippen LogP contribution in [0.1, 0.15) is 16.1 Å². The maximum atomic E-state index is 12.2. The summed E-state index contributed by atoms with van der Waals surface area (Å²) < 4.78 is 38.0. The number of aromatic nitrogens is 1. The lowest BCUT2D eigenvalue weighted by molar-refractivity contribution is -0.167. The number of carboxylic acid groups (broad SMARTS) is 1. The van der Waals surface area contributed by atoms with Crippen molar-refractivity contribution in [1.29, 1.82) is 0 Å². The quantitative estimate of drug-likeness (QED) is 0.915. The van der Waals surface area contributed by atoms with E-state index < -0.39 is 18.1 Å². The summed E-state index contributed by atoms with van der Waals surface area (Å²) in [6.07, 6.45) is -3.44. The molecule has 0 bridgehead atoms. The van der Waals surface area contributed by atoms with E-state index in [1.54, 1.807) is 18.3 Å². The third-order valence-corrected chi connectivity index (χ3v) is 2.94. The minimum absolute atomic E-state index is 0.0207. The maximum absolute atomic E-state index is 12.2. The third-order valence-electron chi connectivity index (χ3n) is 2.94. The van der Waals surface area contributed by atoms with E-state index in [1.807, 2.05) is 0 Å². The van der Waals surface area contributed by atoms with E-state index in [0.717, 1.165) is 0 Å². The highest BCUT2D eigenvalue weighted by Crippen LogP contribution is 2.23. The minimum atomic E-state index is -4.97. The molecule has 0 atom stereocenters. The first-order valence-corrected chi connectivity index (χ1v) is 6.10. The Labute approximate surface area is 123 Å². The predicted octanol–water partition coefficient (Wildman–Crippen LogP) is 2.98. The molecule has 0 aliphatic carbocycles. The highest BCUT2D eigenvalue weighted by Gasteiger charge is 2.38. The molecule has 0 spiro atoms. The van der Waals surface area contributed by atoms with Gasteiger partial charge in [-0.3, -0.25) is 4.79 Å². The maximum Gasteiger partial charge on any atom is 0.471 e. The summed E-state index contributed by atoms with van der Waals surface area (Å²) in [7, 11) is 0. The lowest BCUT2D eigenvalue weighted by Crippen LogP contribution is -2.29. The van der Waals surface area contributed by atoms with Crippen molar-refractivity contribution in [2.24, 2.45) is 0 Å². The number of hydrogen-bond donors (Lipinski definition) is 2. The van der Waals surface area contributed by atoms with Crippen molar-refractivity contribution in [3.8, 4) is 5.69 Å². The van der Waals surface area contributed by atoms with E-state index in [9.17, 15) is 22.8 Å². The van der Waals surface area contributed by atoms with E-state index in [0.29, 0.717) is 11.3 Å². The number of hydrogen-bond acceptors (Lipinski definition) is 2. The van der Waals surface area contributed by atoms with Crippen LogP contribution >= 0.6 is 0 Å². The van der Waals surface area contributed by atoms with Crippen molar-refractivity contribution in [3.05, 3.63) is 47.8 Å². The fourth-order valence-corrected chi connectivity index (χ4v) is 1.97. The molecule has 2 aromatic rings. The molecular weight excluding hydrogens is 301 g/mol. The van der Waals surface area contributed by atoms with Crippen molar-refractivity contribution in [2.75, 3.05) is 5.32 Å². The van der Waals surface area contributed by atoms with Crippen LogP contribution in [0.4, 0.5) is 18.9 Å². The number of halogens is 3. The average Bonchev–Trinajstić information content (AvgIpc) is 2.86. The van der Waals surface area contributed by atoms with Crippen LogP contribution in [-0.4, -0.2) is 27.7 Å². The van der Waals surface area contributed by atoms with Crippen LogP contribution in [0.3, 0.4) is 0 Å². The Hall–Kier alpha value is -2.77. The van der Waals surface area contributed by atoms with Gasteiger partial charge in [0.1, 0.15) is 5.69 Å². The zero-order valence-corrected chi connectivity index (χ0v) is 11.3. The largest absolute Gasteiger partial charge is 0.477 e. The van der Waals surface area contributed by atoms with Gasteiger partial charge in [-0.05, 0) is 42.8 Å². The van der Waals surface area contributed by atoms with Crippen LogP contribution < -0.4 is 5.32 Å². The third kappa shape index (κ3) is 3.11. The van der Waals surface area contributed by atoms with Gasteiger partial charge in [-0.15, -0.1) is 0 Å². The Balaban J connectivity index is 2.33. The van der Waals surface area contributed by atoms with Gasteiger partial charge in [0.15, 0.2) is 0 Å². The molecule has 0 saturated carbocycles. The number of aryl methyl sites for hydroxylation is 1. The van der Waals surface area contributed by atoms with Crippen molar-refractivity contribution in [3.63, 3.8) is 0 Å². The standard InChI is InChI=1S/C14H11F3N2O3/c1-8-7-9(18-13(22)14(15,16)17)4-5-10(8)19-6-2-3-11(19)12(20)21/h2-7H,1H3,(H,18,22)(H,20,21). The molecule has 1 aromatic carbocycles. The number of alkyl halides is 3. The summed E-state index contributed by atoms with van der Waals surface area (Å²) in [4.78, 5) is 22.0. The van der Waals surface area contributed by atoms with Crippen LogP contribution in [0.2, 0.25) is 0 Å². The van der Waals surface area contributed by atoms with E-state index in [2.05, 4.69) is 0 Å². The fraction of sp³-hybridized carbons (Fsp3) is 0.143. The van der Waals surface area contributed by atoms with E-state index in [4.69, 9.17) is 5.11 Å². The van der Waals surface area contributed by atoms with Crippen LogP contribution in [-0.2, 0) is 4.79 Å². The molecule has 0 aliphatic heterocycles. The van der Waals surface area contributed by atoms with E-state index >= 15 is 0 Å². The first-order chi connectivity index (χ1) is 10.2. The van der Waals surface area contributed by atoms with Gasteiger partial charge in [-0.25, -0.2) is 4.79 Å². The minimum Gasteiger partial charge on any atom is -0.477 e. The Bertz CT molecular complexity index is 735. The summed E-state index contributed by atoms with van der Waals surface area (Å²) in [6.45, 7) is 1.60. The molecule has 22 heavy (non-hydrogen) atoms. The first kappa shape index (κ1) is 15.6. The van der Waals surface area contributed by atoms with Crippen molar-refractivity contribution in [2.45, 2.75) is 13.1 Å². The molecule has 0 saturated heterocycles. The zero-order chi connectivity index (χ0) is 16.5. The number of carbonyl (C=O) groups excluding carboxylic acids is 1. The number of anilines is 1. The zero-order valence-electron chi connectivity index (χ0n) is 11.3. The van der Waals surface area contributed by atoms with Crippen molar-refractivity contribution in [1.82, 2.24) is 4.57 Å². The molecule has 0 fully saturated rings. The molecule has 1 aromatic heterocycles. The summed E-state index contributed by atoms with van der Waals surface area (Å²) in [6, 6.07) is 7.00. The number of rotatable bonds is 3. The molecule has 2 N–H and O–H groups in total. The Kier molecular flexibility index (Phi) is 3.94. The van der Waals surface area contributed by atoms with E-state index in [-0.39, 0.29) is 11.4 Å². The van der Waals surface area contributed by atoms with Gasteiger partial charge in [-0.1, -0.05) is 0 Å². The average molecular weight is 312 g/mol. The Morgan fingerprint density at radius 3 is 2.45 bits per heavy atom. The Morgan fingerprint density at radius 1 is 1.23 bits per heavy atom. The van der Waals surface area contributed by atoms with Crippen LogP contribution in [0.5, 0.6) is 0 Å². The molecular formula is C14H11F3N2O3. The second-order valence-corrected chi connectivity index (χ2v) is 4.52. The number of benzene rings is 1. The second-order valence-electron chi connectivity index (χ2n) is 4.52. The Morgan fingerprint density at radius 2 is 1.91 bits per heavy atom. The van der Waals surface area contributed by atoms with Gasteiger partial charge in [-0.2, -0.15) is 13.2 Å². The number of amides is 1. The molecule has 0 radical (unpaired) electrons. The number of nitrogens with zero attached hydrogens (tertiary/aromatic N) is 1. The summed E-state index contributed by atoms with van der Waals surface area (Å²) >= 11 is 0. The number of carbonyl (C=O) groups is 2. The summed E-state index contributed by atoms with van der Waals surface area (Å²) in [5.41, 5.74) is 1.01. The number of nitrogens with one attached hydrogen (secondary N) is 1. The number of carboxylic acids is 1. The highest BCUT2D eigenvalue weighted by atomic mass is 19.4. The molecule has 8 heteroatoms. The van der Waals surface area contributed by atoms with Gasteiger partial charge in [0.2, 0.25) is 0 Å². The van der Waals surface area contributed by atoms with Crippen LogP contribution in [0, 0.1) is 6.92 Å². The SMILES string of the molecule is Cc1cc(NC(=O)C(F)(F)F)ccc1-n1cccc1C(=O)O. The molecule has 2 rings (SSSR count). The van der Waals surface area contributed by atoms with Gasteiger partial charge >= 0.3 is 18.1 Å². The van der Waals surface area contributed by atoms with Gasteiger partial charge in [0, 0.05) is 17.6 Å². The normalized spacial score (nSPS) is 11.3. The molecule has 0 unspecified atom stereocenters. The van der Waals surface area contributed by atoms with E-state index in [1.165, 1.54) is 35.0 Å². The van der Waals surface area contributed by atoms with Crippen molar-refractivity contribution < 1.29 is 27.9 Å². The lowest BCUT2D eigenvalue weighted by atomic mass is 10.1. The fourth-order valence-electron chi connectivity index (χ4n) is 1.97. The smallest absolute Gasteiger partial charge is 0.471 e. The van der Waals surface area contributed by atoms with Gasteiger partial charge in [0.05, 0.1) is 0 Å². The number of aromatic carboxylic acids is 1.